The Kier molecular flexibility index (Phi) is 7.81. The van der Waals surface area contributed by atoms with E-state index in [-0.39, 0.29) is 35.6 Å². The number of primary amides is 1. The Hall–Kier alpha value is -5.20. The van der Waals surface area contributed by atoms with Gasteiger partial charge in [0.1, 0.15) is 22.8 Å². The van der Waals surface area contributed by atoms with Gasteiger partial charge in [0.15, 0.2) is 11.4 Å². The van der Waals surface area contributed by atoms with Gasteiger partial charge in [-0.2, -0.15) is 0 Å². The van der Waals surface area contributed by atoms with Gasteiger partial charge in [-0.3, -0.25) is 24.1 Å². The molecule has 0 saturated heterocycles. The molecule has 0 radical (unpaired) electrons. The van der Waals surface area contributed by atoms with Crippen LogP contribution in [0.25, 0.3) is 16.9 Å². The van der Waals surface area contributed by atoms with Crippen LogP contribution in [0.3, 0.4) is 0 Å². The number of hydrogen-bond donors (Lipinski definition) is 6. The van der Waals surface area contributed by atoms with Crippen LogP contribution in [0, 0.1) is 11.8 Å². The lowest BCUT2D eigenvalue weighted by atomic mass is 9.57. The summed E-state index contributed by atoms with van der Waals surface area (Å²) in [6.45, 7) is 0. The zero-order valence-electron chi connectivity index (χ0n) is 26.0. The molecule has 4 aliphatic carbocycles. The van der Waals surface area contributed by atoms with Crippen molar-refractivity contribution in [3.63, 3.8) is 0 Å². The van der Waals surface area contributed by atoms with Crippen molar-refractivity contribution < 1.29 is 44.3 Å². The fraction of sp³-hybridized carbons (Fsp3) is 0.314. The number of Topliss-reactive ketones (excluding diaryl/α,β-unsaturated/α-hetero) is 2. The monoisotopic (exact) mass is 641 g/mol. The van der Waals surface area contributed by atoms with E-state index in [0.29, 0.717) is 40.8 Å². The van der Waals surface area contributed by atoms with Crippen molar-refractivity contribution >= 4 is 34.8 Å². The maximum absolute atomic E-state index is 14.1. The lowest BCUT2D eigenvalue weighted by Gasteiger charge is -2.50. The van der Waals surface area contributed by atoms with Crippen LogP contribution < -0.4 is 11.1 Å². The number of nitrogens with one attached hydrogen (secondary N) is 1. The molecule has 47 heavy (non-hydrogen) atoms. The highest BCUT2D eigenvalue weighted by Gasteiger charge is 2.64. The number of anilines is 1. The lowest BCUT2D eigenvalue weighted by Crippen LogP contribution is -2.65. The number of nitrogens with two attached hydrogens (primary N) is 1. The number of methoxy groups -OCH3 is 1. The minimum atomic E-state index is -2.70. The largest absolute Gasteiger partial charge is 0.508 e. The van der Waals surface area contributed by atoms with Crippen molar-refractivity contribution in [2.24, 2.45) is 17.6 Å². The van der Waals surface area contributed by atoms with Gasteiger partial charge in [-0.1, -0.05) is 24.3 Å². The van der Waals surface area contributed by atoms with Crippen molar-refractivity contribution in [2.75, 3.05) is 26.5 Å². The van der Waals surface area contributed by atoms with Gasteiger partial charge in [0, 0.05) is 29.2 Å². The van der Waals surface area contributed by atoms with E-state index >= 15 is 0 Å². The molecule has 0 heterocycles. The van der Waals surface area contributed by atoms with Crippen molar-refractivity contribution in [1.82, 2.24) is 4.90 Å². The predicted molar refractivity (Wildman–Crippen MR) is 171 cm³/mol. The standard InChI is InChI=1S/C35H35N3O9/c1-38(2)28-23-15-18-14-22-21(16-4-8-19(9-5-16)37-34(45)17-6-10-20(47-3)11-7-17)12-13-24(39)26(22)29(40)25(18)31(42)35(23,46)32(43)27(30(28)41)33(36)44/h4-6,8-10,12-13,18,23,28,39-40,43,46H,7,11,14-15H2,1-3H3,(H2,36,44)(H,37,45)/t18-,23-,28?,35-/m0/s1. The molecule has 2 amide bonds. The van der Waals surface area contributed by atoms with Crippen LogP contribution in [0.15, 0.2) is 76.8 Å². The number of aliphatic hydroxyl groups is 3. The number of aromatic hydroxyl groups is 1. The molecule has 6 rings (SSSR count). The summed E-state index contributed by atoms with van der Waals surface area (Å²) in [6.07, 6.45) is 4.84. The number of benzene rings is 2. The van der Waals surface area contributed by atoms with Gasteiger partial charge < -0.3 is 36.2 Å². The van der Waals surface area contributed by atoms with Gasteiger partial charge in [0.05, 0.1) is 24.5 Å². The molecule has 2 aromatic rings. The molecule has 1 unspecified atom stereocenters. The van der Waals surface area contributed by atoms with Crippen LogP contribution >= 0.6 is 0 Å². The topological polar surface area (TPSA) is 200 Å². The van der Waals surface area contributed by atoms with E-state index in [9.17, 15) is 39.6 Å². The molecule has 12 nitrogen and oxygen atoms in total. The minimum Gasteiger partial charge on any atom is -0.508 e. The Bertz CT molecular complexity index is 1870. The summed E-state index contributed by atoms with van der Waals surface area (Å²) in [7, 11) is 4.69. The summed E-state index contributed by atoms with van der Waals surface area (Å²) < 4.78 is 5.22. The smallest absolute Gasteiger partial charge is 0.255 e. The van der Waals surface area contributed by atoms with E-state index in [1.54, 1.807) is 63.7 Å². The summed E-state index contributed by atoms with van der Waals surface area (Å²) in [4.78, 5) is 53.8. The third-order valence-corrected chi connectivity index (χ3v) is 9.72. The molecule has 1 fully saturated rings. The normalized spacial score (nSPS) is 25.4. The van der Waals surface area contributed by atoms with Crippen molar-refractivity contribution in [3.05, 3.63) is 87.9 Å². The molecule has 0 aliphatic heterocycles. The average molecular weight is 642 g/mol. The van der Waals surface area contributed by atoms with Gasteiger partial charge >= 0.3 is 0 Å². The molecule has 244 valence electrons. The van der Waals surface area contributed by atoms with Gasteiger partial charge in [-0.15, -0.1) is 0 Å². The van der Waals surface area contributed by atoms with Crippen molar-refractivity contribution in [2.45, 2.75) is 37.3 Å². The predicted octanol–water partition coefficient (Wildman–Crippen LogP) is 2.82. The molecule has 0 spiro atoms. The molecule has 4 aliphatic rings. The highest BCUT2D eigenvalue weighted by Crippen LogP contribution is 2.53. The number of carbonyl (C=O) groups excluding carboxylic acids is 4. The number of ketones is 2. The third-order valence-electron chi connectivity index (χ3n) is 9.72. The molecule has 4 atom stereocenters. The van der Waals surface area contributed by atoms with Gasteiger partial charge in [-0.25, -0.2) is 0 Å². The van der Waals surface area contributed by atoms with Crippen LogP contribution in [0.2, 0.25) is 0 Å². The zero-order chi connectivity index (χ0) is 33.9. The molecular weight excluding hydrogens is 606 g/mol. The van der Waals surface area contributed by atoms with E-state index in [0.717, 1.165) is 5.76 Å². The summed E-state index contributed by atoms with van der Waals surface area (Å²) in [5, 5.41) is 48.1. The molecular formula is C35H35N3O9. The number of phenols is 1. The number of rotatable bonds is 6. The van der Waals surface area contributed by atoms with Crippen LogP contribution in [-0.4, -0.2) is 81.6 Å². The first-order valence-corrected chi connectivity index (χ1v) is 15.1. The van der Waals surface area contributed by atoms with E-state index in [1.807, 2.05) is 0 Å². The molecule has 1 saturated carbocycles. The molecule has 7 N–H and O–H groups in total. The zero-order valence-corrected chi connectivity index (χ0v) is 26.0. The second-order valence-corrected chi connectivity index (χ2v) is 12.5. The van der Waals surface area contributed by atoms with E-state index in [2.05, 4.69) is 5.32 Å². The summed E-state index contributed by atoms with van der Waals surface area (Å²) in [5.41, 5.74) is 4.72. The maximum Gasteiger partial charge on any atom is 0.255 e. The Morgan fingerprint density at radius 3 is 2.32 bits per heavy atom. The number of likely N-dealkylation sites (N-methyl/N-ethyl adjacent to an activating group) is 1. The molecule has 12 heteroatoms. The van der Waals surface area contributed by atoms with Crippen LogP contribution in [0.4, 0.5) is 5.69 Å². The van der Waals surface area contributed by atoms with E-state index in [1.165, 1.54) is 11.0 Å². The number of allylic oxidation sites excluding steroid dienone is 3. The average Bonchev–Trinajstić information content (AvgIpc) is 3.03. The molecule has 2 aromatic carbocycles. The number of hydrogen-bond acceptors (Lipinski definition) is 10. The van der Waals surface area contributed by atoms with Gasteiger partial charge in [0.25, 0.3) is 11.8 Å². The number of aliphatic hydroxyl groups excluding tert-OH is 2. The van der Waals surface area contributed by atoms with Gasteiger partial charge in [-0.05, 0) is 80.2 Å². The lowest BCUT2D eigenvalue weighted by molar-refractivity contribution is -0.153. The van der Waals surface area contributed by atoms with Crippen LogP contribution in [-0.2, 0) is 30.3 Å². The Morgan fingerprint density at radius 2 is 1.72 bits per heavy atom. The van der Waals surface area contributed by atoms with Crippen LogP contribution in [0.5, 0.6) is 5.75 Å². The Morgan fingerprint density at radius 1 is 1.02 bits per heavy atom. The van der Waals surface area contributed by atoms with E-state index in [4.69, 9.17) is 10.5 Å². The van der Waals surface area contributed by atoms with Crippen molar-refractivity contribution in [1.29, 1.82) is 0 Å². The first kappa shape index (κ1) is 31.8. The Labute approximate surface area is 270 Å². The second kappa shape index (κ2) is 11.6. The highest BCUT2D eigenvalue weighted by molar-refractivity contribution is 6.24. The van der Waals surface area contributed by atoms with Crippen molar-refractivity contribution in [3.8, 4) is 16.9 Å². The summed E-state index contributed by atoms with van der Waals surface area (Å²) in [6, 6.07) is 8.96. The number of ether oxygens (including phenoxy) is 1. The first-order valence-electron chi connectivity index (χ1n) is 15.1. The number of phenolic OH excluding ortho intramolecular Hbond substituents is 1. The first-order chi connectivity index (χ1) is 22.3. The van der Waals surface area contributed by atoms with Gasteiger partial charge in [0.2, 0.25) is 5.78 Å². The van der Waals surface area contributed by atoms with Crippen LogP contribution in [0.1, 0.15) is 30.4 Å². The number of amides is 2. The number of nitrogens with zero attached hydrogens (tertiary/aromatic N) is 1. The fourth-order valence-electron chi connectivity index (χ4n) is 7.44. The summed E-state index contributed by atoms with van der Waals surface area (Å²) >= 11 is 0. The quantitative estimate of drug-likeness (QED) is 0.255. The van der Waals surface area contributed by atoms with E-state index < -0.39 is 58.0 Å². The summed E-state index contributed by atoms with van der Waals surface area (Å²) in [5.74, 6) is -6.43. The highest BCUT2D eigenvalue weighted by atomic mass is 16.5. The Balaban J connectivity index is 1.37. The SMILES string of the molecule is COC1=CC=C(C(=O)Nc2ccc(-c3ccc(O)c4c3C[C@H]3C[C@H]5C(N(C)C)C(=O)C(C(N)=O)=C(O)[C@@]5(O)C(=O)C3=C4O)cc2)CC1. The molecule has 0 bridgehead atoms. The minimum absolute atomic E-state index is 0.00360. The number of carbonyl (C=O) groups is 4. The molecule has 0 aromatic heterocycles. The maximum atomic E-state index is 14.1. The second-order valence-electron chi connectivity index (χ2n) is 12.5. The number of fused-ring (bicyclic) bond motifs is 3. The third kappa shape index (κ3) is 4.91. The fourth-order valence-corrected chi connectivity index (χ4v) is 7.44.